The van der Waals surface area contributed by atoms with Crippen LogP contribution in [0, 0.1) is 23.4 Å². The Labute approximate surface area is 242 Å². The molecule has 1 N–H and O–H groups in total. The van der Waals surface area contributed by atoms with E-state index in [0.29, 0.717) is 18.9 Å². The molecular formula is C30H38F3N3O4S. The first-order chi connectivity index (χ1) is 19.3. The Balaban J connectivity index is 1.42. The summed E-state index contributed by atoms with van der Waals surface area (Å²) < 4.78 is 63.1. The number of fused-ring (bicyclic) bond motifs is 2. The highest BCUT2D eigenvalue weighted by atomic mass is 32.2. The smallest absolute Gasteiger partial charge is 0.410 e. The van der Waals surface area contributed by atoms with E-state index < -0.39 is 45.3 Å². The number of benzene rings is 2. The van der Waals surface area contributed by atoms with Gasteiger partial charge in [-0.2, -0.15) is 0 Å². The second kappa shape index (κ2) is 12.9. The lowest BCUT2D eigenvalue weighted by atomic mass is 9.82. The number of likely N-dealkylation sites (N-methyl/N-ethyl adjacent to an activating group) is 1. The maximum atomic E-state index is 14.6. The minimum Gasteiger partial charge on any atom is -0.445 e. The van der Waals surface area contributed by atoms with E-state index in [-0.39, 0.29) is 49.0 Å². The van der Waals surface area contributed by atoms with E-state index >= 15 is 0 Å². The van der Waals surface area contributed by atoms with Gasteiger partial charge in [0.05, 0.1) is 15.7 Å². The van der Waals surface area contributed by atoms with Crippen LogP contribution in [0.3, 0.4) is 0 Å². The number of amides is 2. The molecule has 0 radical (unpaired) electrons. The Morgan fingerprint density at radius 1 is 1.05 bits per heavy atom. The standard InChI is InChI=1S/C30H38F3N3O4S/c1-30(2,3)41(39)34-27(15-20-14-25(32)26(33)16-24(20)31)21-12-22-10-11-23(13-21)36(22)28(37)17-35(4)29(38)40-18-19-8-6-5-7-9-19/h5-9,14,16,21-23,27,34H,10-13,15,17-18H2,1-4H3/t21?,22-,23+,27-,41+/m1/s1. The zero-order valence-electron chi connectivity index (χ0n) is 23.9. The Kier molecular flexibility index (Phi) is 9.79. The SMILES string of the molecule is CN(CC(=O)N1[C@@H]2CC[C@H]1CC([C@@H](Cc1cc(F)c(F)cc1F)N[S@@](=O)C(C)(C)C)C2)C(=O)OCc1ccccc1. The normalized spacial score (nSPS) is 21.8. The molecule has 2 heterocycles. The molecule has 11 heteroatoms. The van der Waals surface area contributed by atoms with Crippen LogP contribution in [0.15, 0.2) is 42.5 Å². The molecule has 5 atom stereocenters. The molecule has 4 rings (SSSR count). The Morgan fingerprint density at radius 3 is 2.27 bits per heavy atom. The van der Waals surface area contributed by atoms with E-state index in [2.05, 4.69) is 4.72 Å². The molecule has 224 valence electrons. The van der Waals surface area contributed by atoms with Crippen LogP contribution in [0.2, 0.25) is 0 Å². The number of hydrogen-bond acceptors (Lipinski definition) is 4. The van der Waals surface area contributed by atoms with E-state index in [1.54, 1.807) is 0 Å². The van der Waals surface area contributed by atoms with Crippen LogP contribution in [0.5, 0.6) is 0 Å². The highest BCUT2D eigenvalue weighted by Gasteiger charge is 2.46. The molecule has 0 spiro atoms. The van der Waals surface area contributed by atoms with Crippen LogP contribution in [-0.2, 0) is 33.5 Å². The second-order valence-electron chi connectivity index (χ2n) is 12.0. The fraction of sp³-hybridized carbons (Fsp3) is 0.533. The quantitative estimate of drug-likeness (QED) is 0.410. The van der Waals surface area contributed by atoms with E-state index in [1.165, 1.54) is 11.9 Å². The minimum absolute atomic E-state index is 0.00815. The number of hydrogen-bond donors (Lipinski definition) is 1. The predicted octanol–water partition coefficient (Wildman–Crippen LogP) is 5.11. The van der Waals surface area contributed by atoms with Crippen molar-refractivity contribution in [3.8, 4) is 0 Å². The van der Waals surface area contributed by atoms with Gasteiger partial charge in [-0.25, -0.2) is 26.9 Å². The third kappa shape index (κ3) is 7.68. The van der Waals surface area contributed by atoms with Gasteiger partial charge in [0.25, 0.3) is 0 Å². The summed E-state index contributed by atoms with van der Waals surface area (Å²) in [5.41, 5.74) is 0.855. The Bertz CT molecular complexity index is 1260. The van der Waals surface area contributed by atoms with Gasteiger partial charge in [-0.3, -0.25) is 4.79 Å². The molecule has 2 aromatic carbocycles. The van der Waals surface area contributed by atoms with Gasteiger partial charge in [0.1, 0.15) is 19.0 Å². The van der Waals surface area contributed by atoms with Gasteiger partial charge < -0.3 is 14.5 Å². The van der Waals surface area contributed by atoms with E-state index in [1.807, 2.05) is 56.0 Å². The summed E-state index contributed by atoms with van der Waals surface area (Å²) in [6.45, 7) is 5.44. The second-order valence-corrected chi connectivity index (χ2v) is 14.0. The number of rotatable bonds is 9. The highest BCUT2D eigenvalue weighted by molar-refractivity contribution is 7.84. The largest absolute Gasteiger partial charge is 0.445 e. The molecule has 2 aromatic rings. The maximum absolute atomic E-state index is 14.6. The molecule has 7 nitrogen and oxygen atoms in total. The Morgan fingerprint density at radius 2 is 1.66 bits per heavy atom. The average Bonchev–Trinajstić information content (AvgIpc) is 3.19. The number of halogens is 3. The predicted molar refractivity (Wildman–Crippen MR) is 150 cm³/mol. The average molecular weight is 594 g/mol. The lowest BCUT2D eigenvalue weighted by Gasteiger charge is -2.42. The van der Waals surface area contributed by atoms with Crippen LogP contribution in [0.25, 0.3) is 0 Å². The van der Waals surface area contributed by atoms with Crippen molar-refractivity contribution in [1.29, 1.82) is 0 Å². The first-order valence-electron chi connectivity index (χ1n) is 13.9. The van der Waals surface area contributed by atoms with Gasteiger partial charge in [-0.05, 0) is 76.0 Å². The zero-order chi connectivity index (χ0) is 29.9. The molecular weight excluding hydrogens is 555 g/mol. The van der Waals surface area contributed by atoms with Crippen LogP contribution >= 0.6 is 0 Å². The molecule has 41 heavy (non-hydrogen) atoms. The molecule has 0 saturated carbocycles. The van der Waals surface area contributed by atoms with Gasteiger partial charge in [0, 0.05) is 31.2 Å². The summed E-state index contributed by atoms with van der Waals surface area (Å²) in [5, 5.41) is 0. The topological polar surface area (TPSA) is 79.0 Å². The van der Waals surface area contributed by atoms with Crippen LogP contribution in [-0.4, -0.2) is 62.5 Å². The van der Waals surface area contributed by atoms with E-state index in [9.17, 15) is 27.0 Å². The van der Waals surface area contributed by atoms with Gasteiger partial charge >= 0.3 is 6.09 Å². The van der Waals surface area contributed by atoms with Crippen molar-refractivity contribution in [2.45, 2.75) is 82.4 Å². The summed E-state index contributed by atoms with van der Waals surface area (Å²) in [6, 6.07) is 10.00. The van der Waals surface area contributed by atoms with E-state index in [4.69, 9.17) is 4.74 Å². The Hall–Kier alpha value is -2.92. The van der Waals surface area contributed by atoms with Crippen LogP contribution in [0.4, 0.5) is 18.0 Å². The zero-order valence-corrected chi connectivity index (χ0v) is 24.7. The summed E-state index contributed by atoms with van der Waals surface area (Å²) >= 11 is 0. The van der Waals surface area contributed by atoms with Gasteiger partial charge in [0.15, 0.2) is 11.6 Å². The van der Waals surface area contributed by atoms with E-state index in [0.717, 1.165) is 24.5 Å². The molecule has 2 saturated heterocycles. The summed E-state index contributed by atoms with van der Waals surface area (Å²) in [6.07, 6.45) is 2.15. The maximum Gasteiger partial charge on any atom is 0.410 e. The van der Waals surface area contributed by atoms with Crippen molar-refractivity contribution < 1.29 is 31.7 Å². The number of carbonyl (C=O) groups excluding carboxylic acids is 2. The number of nitrogens with zero attached hydrogens (tertiary/aromatic N) is 2. The monoisotopic (exact) mass is 593 g/mol. The molecule has 1 unspecified atom stereocenters. The van der Waals surface area contributed by atoms with Gasteiger partial charge in [-0.15, -0.1) is 0 Å². The highest BCUT2D eigenvalue weighted by Crippen LogP contribution is 2.41. The molecule has 0 aromatic heterocycles. The first-order valence-corrected chi connectivity index (χ1v) is 15.0. The molecule has 0 aliphatic carbocycles. The molecule has 2 bridgehead atoms. The van der Waals surface area contributed by atoms with Crippen molar-refractivity contribution in [2.75, 3.05) is 13.6 Å². The van der Waals surface area contributed by atoms with Crippen molar-refractivity contribution in [3.63, 3.8) is 0 Å². The van der Waals surface area contributed by atoms with Crippen LogP contribution in [0.1, 0.15) is 57.6 Å². The summed E-state index contributed by atoms with van der Waals surface area (Å²) in [7, 11) is 0.0390. The third-order valence-corrected chi connectivity index (χ3v) is 9.49. The third-order valence-electron chi connectivity index (χ3n) is 7.86. The van der Waals surface area contributed by atoms with Gasteiger partial charge in [0.2, 0.25) is 5.91 Å². The van der Waals surface area contributed by atoms with Crippen molar-refractivity contribution in [3.05, 3.63) is 71.0 Å². The summed E-state index contributed by atoms with van der Waals surface area (Å²) in [4.78, 5) is 28.9. The number of nitrogens with one attached hydrogen (secondary N) is 1. The first kappa shape index (κ1) is 31.0. The number of piperidine rings is 1. The van der Waals surface area contributed by atoms with Crippen molar-refractivity contribution in [1.82, 2.24) is 14.5 Å². The lowest BCUT2D eigenvalue weighted by molar-refractivity contribution is -0.137. The molecule has 2 amide bonds. The van der Waals surface area contributed by atoms with Gasteiger partial charge in [-0.1, -0.05) is 30.3 Å². The van der Waals surface area contributed by atoms with Crippen molar-refractivity contribution >= 4 is 23.0 Å². The summed E-state index contributed by atoms with van der Waals surface area (Å²) in [5.74, 6) is -3.50. The number of ether oxygens (including phenoxy) is 1. The van der Waals surface area contributed by atoms with Crippen molar-refractivity contribution in [2.24, 2.45) is 5.92 Å². The van der Waals surface area contributed by atoms with Crippen LogP contribution < -0.4 is 4.72 Å². The molecule has 2 fully saturated rings. The molecule has 2 aliphatic heterocycles. The molecule has 2 aliphatic rings. The number of carbonyl (C=O) groups is 2. The fourth-order valence-electron chi connectivity index (χ4n) is 5.71. The minimum atomic E-state index is -1.49. The fourth-order valence-corrected chi connectivity index (χ4v) is 6.61. The lowest BCUT2D eigenvalue weighted by Crippen LogP contribution is -2.54.